The van der Waals surface area contributed by atoms with Gasteiger partial charge in [-0.05, 0) is 49.1 Å². The third-order valence-electron chi connectivity index (χ3n) is 4.26. The fourth-order valence-corrected chi connectivity index (χ4v) is 3.21. The average molecular weight is 266 g/mol. The van der Waals surface area contributed by atoms with E-state index in [1.807, 2.05) is 12.4 Å². The Morgan fingerprint density at radius 3 is 2.80 bits per heavy atom. The molecule has 3 rings (SSSR count). The molecule has 1 aliphatic heterocycles. The number of aryl methyl sites for hydroxylation is 1. The Balaban J connectivity index is 1.83. The number of piperidine rings is 1. The lowest BCUT2D eigenvalue weighted by Crippen LogP contribution is -2.33. The summed E-state index contributed by atoms with van der Waals surface area (Å²) in [5.74, 6) is 0. The first kappa shape index (κ1) is 13.3. The second kappa shape index (κ2) is 6.19. The number of likely N-dealkylation sites (tertiary alicyclic amines) is 1. The van der Waals surface area contributed by atoms with Crippen molar-refractivity contribution in [2.45, 2.75) is 38.8 Å². The van der Waals surface area contributed by atoms with Crippen LogP contribution in [0.25, 0.3) is 0 Å². The molecule has 104 valence electrons. The lowest BCUT2D eigenvalue weighted by molar-refractivity contribution is 0.140. The van der Waals surface area contributed by atoms with E-state index in [0.717, 1.165) is 6.54 Å². The quantitative estimate of drug-likeness (QED) is 0.831. The van der Waals surface area contributed by atoms with Gasteiger partial charge in [0.2, 0.25) is 0 Å². The molecule has 2 nitrogen and oxygen atoms in total. The number of aromatic nitrogens is 1. The smallest absolute Gasteiger partial charge is 0.0355 e. The Hall–Kier alpha value is -1.67. The fourth-order valence-electron chi connectivity index (χ4n) is 3.21. The lowest BCUT2D eigenvalue weighted by Gasteiger charge is -2.36. The van der Waals surface area contributed by atoms with Crippen molar-refractivity contribution in [3.63, 3.8) is 0 Å². The van der Waals surface area contributed by atoms with Gasteiger partial charge in [-0.3, -0.25) is 9.88 Å². The van der Waals surface area contributed by atoms with Crippen molar-refractivity contribution >= 4 is 0 Å². The number of hydrogen-bond acceptors (Lipinski definition) is 2. The SMILES string of the molecule is Cc1cnccc1C1CCCCN1Cc1ccccc1. The maximum Gasteiger partial charge on any atom is 0.0355 e. The van der Waals surface area contributed by atoms with Crippen molar-refractivity contribution < 1.29 is 0 Å². The number of benzene rings is 1. The molecule has 0 radical (unpaired) electrons. The normalized spacial score (nSPS) is 19.9. The Morgan fingerprint density at radius 2 is 2.00 bits per heavy atom. The van der Waals surface area contributed by atoms with Crippen LogP contribution >= 0.6 is 0 Å². The summed E-state index contributed by atoms with van der Waals surface area (Å²) in [6, 6.07) is 13.5. The van der Waals surface area contributed by atoms with Crippen molar-refractivity contribution in [1.82, 2.24) is 9.88 Å². The van der Waals surface area contributed by atoms with Crippen molar-refractivity contribution in [2.24, 2.45) is 0 Å². The summed E-state index contributed by atoms with van der Waals surface area (Å²) in [5, 5.41) is 0. The standard InChI is InChI=1S/C18H22N2/c1-15-13-19-11-10-17(15)18-9-5-6-12-20(18)14-16-7-3-2-4-8-16/h2-4,7-8,10-11,13,18H,5-6,9,12,14H2,1H3. The minimum absolute atomic E-state index is 0.548. The van der Waals surface area contributed by atoms with Crippen molar-refractivity contribution in [2.75, 3.05) is 6.54 Å². The van der Waals surface area contributed by atoms with Gasteiger partial charge < -0.3 is 0 Å². The van der Waals surface area contributed by atoms with E-state index < -0.39 is 0 Å². The van der Waals surface area contributed by atoms with E-state index in [4.69, 9.17) is 0 Å². The van der Waals surface area contributed by atoms with Crippen LogP contribution < -0.4 is 0 Å². The Morgan fingerprint density at radius 1 is 1.15 bits per heavy atom. The molecule has 1 unspecified atom stereocenters. The highest BCUT2D eigenvalue weighted by atomic mass is 15.2. The molecule has 0 aliphatic carbocycles. The van der Waals surface area contributed by atoms with E-state index >= 15 is 0 Å². The van der Waals surface area contributed by atoms with Crippen LogP contribution in [0.2, 0.25) is 0 Å². The predicted octanol–water partition coefficient (Wildman–Crippen LogP) is 4.12. The molecule has 2 aromatic rings. The minimum Gasteiger partial charge on any atom is -0.292 e. The van der Waals surface area contributed by atoms with Crippen LogP contribution in [0, 0.1) is 6.92 Å². The molecular weight excluding hydrogens is 244 g/mol. The Kier molecular flexibility index (Phi) is 4.12. The highest BCUT2D eigenvalue weighted by molar-refractivity contribution is 5.26. The lowest BCUT2D eigenvalue weighted by atomic mass is 9.93. The van der Waals surface area contributed by atoms with Crippen LogP contribution in [-0.4, -0.2) is 16.4 Å². The van der Waals surface area contributed by atoms with Gasteiger partial charge in [0.25, 0.3) is 0 Å². The summed E-state index contributed by atoms with van der Waals surface area (Å²) in [4.78, 5) is 6.86. The van der Waals surface area contributed by atoms with Crippen LogP contribution in [0.3, 0.4) is 0 Å². The first-order valence-electron chi connectivity index (χ1n) is 7.53. The van der Waals surface area contributed by atoms with Gasteiger partial charge in [0.1, 0.15) is 0 Å². The fraction of sp³-hybridized carbons (Fsp3) is 0.389. The summed E-state index contributed by atoms with van der Waals surface area (Å²) in [5.41, 5.74) is 4.18. The molecule has 0 saturated carbocycles. The van der Waals surface area contributed by atoms with Crippen LogP contribution in [0.4, 0.5) is 0 Å². The molecule has 1 fully saturated rings. The molecule has 0 amide bonds. The number of hydrogen-bond donors (Lipinski definition) is 0. The molecule has 1 atom stereocenters. The molecule has 0 bridgehead atoms. The van der Waals surface area contributed by atoms with Gasteiger partial charge in [-0.2, -0.15) is 0 Å². The second-order valence-electron chi connectivity index (χ2n) is 5.70. The van der Waals surface area contributed by atoms with Crippen LogP contribution in [0.1, 0.15) is 42.0 Å². The minimum atomic E-state index is 0.548. The van der Waals surface area contributed by atoms with Crippen LogP contribution in [0.5, 0.6) is 0 Å². The third kappa shape index (κ3) is 2.91. The summed E-state index contributed by atoms with van der Waals surface area (Å²) >= 11 is 0. The Labute approximate surface area is 121 Å². The van der Waals surface area contributed by atoms with E-state index in [1.54, 1.807) is 0 Å². The third-order valence-corrected chi connectivity index (χ3v) is 4.26. The largest absolute Gasteiger partial charge is 0.292 e. The first-order chi connectivity index (χ1) is 9.84. The Bertz CT molecular complexity index is 550. The van der Waals surface area contributed by atoms with Crippen molar-refractivity contribution in [3.05, 3.63) is 65.5 Å². The topological polar surface area (TPSA) is 16.1 Å². The molecule has 2 heteroatoms. The molecule has 20 heavy (non-hydrogen) atoms. The summed E-state index contributed by atoms with van der Waals surface area (Å²) in [7, 11) is 0. The molecule has 2 heterocycles. The maximum atomic E-state index is 4.23. The zero-order valence-electron chi connectivity index (χ0n) is 12.1. The van der Waals surface area contributed by atoms with Gasteiger partial charge in [-0.1, -0.05) is 36.8 Å². The summed E-state index contributed by atoms with van der Waals surface area (Å²) < 4.78 is 0. The molecule has 1 saturated heterocycles. The van der Waals surface area contributed by atoms with Gasteiger partial charge in [0, 0.05) is 25.0 Å². The molecule has 1 aromatic carbocycles. The number of nitrogens with zero attached hydrogens (tertiary/aromatic N) is 2. The van der Waals surface area contributed by atoms with Crippen LogP contribution in [-0.2, 0) is 6.54 Å². The first-order valence-corrected chi connectivity index (χ1v) is 7.53. The molecule has 1 aliphatic rings. The molecule has 0 N–H and O–H groups in total. The highest BCUT2D eigenvalue weighted by Crippen LogP contribution is 2.33. The maximum absolute atomic E-state index is 4.23. The predicted molar refractivity (Wildman–Crippen MR) is 82.4 cm³/mol. The zero-order valence-corrected chi connectivity index (χ0v) is 12.1. The van der Waals surface area contributed by atoms with Crippen LogP contribution in [0.15, 0.2) is 48.8 Å². The van der Waals surface area contributed by atoms with E-state index in [0.29, 0.717) is 6.04 Å². The highest BCUT2D eigenvalue weighted by Gasteiger charge is 2.24. The van der Waals surface area contributed by atoms with E-state index in [1.165, 1.54) is 42.5 Å². The average Bonchev–Trinajstić information content (AvgIpc) is 2.50. The number of pyridine rings is 1. The summed E-state index contributed by atoms with van der Waals surface area (Å²) in [6.45, 7) is 4.42. The van der Waals surface area contributed by atoms with E-state index in [9.17, 15) is 0 Å². The monoisotopic (exact) mass is 266 g/mol. The van der Waals surface area contributed by atoms with Crippen molar-refractivity contribution in [1.29, 1.82) is 0 Å². The second-order valence-corrected chi connectivity index (χ2v) is 5.70. The van der Waals surface area contributed by atoms with Crippen molar-refractivity contribution in [3.8, 4) is 0 Å². The molecule has 0 spiro atoms. The molecular formula is C18H22N2. The number of rotatable bonds is 3. The van der Waals surface area contributed by atoms with E-state index in [-0.39, 0.29) is 0 Å². The van der Waals surface area contributed by atoms with E-state index in [2.05, 4.69) is 53.2 Å². The van der Waals surface area contributed by atoms with Gasteiger partial charge in [-0.25, -0.2) is 0 Å². The van der Waals surface area contributed by atoms with Gasteiger partial charge in [0.05, 0.1) is 0 Å². The van der Waals surface area contributed by atoms with Gasteiger partial charge in [-0.15, -0.1) is 0 Å². The molecule has 1 aromatic heterocycles. The summed E-state index contributed by atoms with van der Waals surface area (Å²) in [6.07, 6.45) is 7.82. The van der Waals surface area contributed by atoms with Gasteiger partial charge >= 0.3 is 0 Å². The zero-order chi connectivity index (χ0) is 13.8. The van der Waals surface area contributed by atoms with Gasteiger partial charge in [0.15, 0.2) is 0 Å².